The van der Waals surface area contributed by atoms with Crippen molar-refractivity contribution in [3.8, 4) is 0 Å². The fraction of sp³-hybridized carbons (Fsp3) is 0.438. The van der Waals surface area contributed by atoms with Gasteiger partial charge in [0.05, 0.1) is 17.5 Å². The Balaban J connectivity index is 2.26. The summed E-state index contributed by atoms with van der Waals surface area (Å²) in [5.41, 5.74) is 0.776. The molecular weight excluding hydrogens is 312 g/mol. The predicted molar refractivity (Wildman–Crippen MR) is 92.0 cm³/mol. The standard InChI is InChI=1S/C16H20N4O2S/c1-11(2)7-8-19-14(22)12-5-3-4-6-13(12)20-15(19)17-18-16(20)23-10-9-21/h3-6,11,21H,7-10H2,1-2H3. The molecule has 0 radical (unpaired) electrons. The number of para-hydroxylation sites is 1. The van der Waals surface area contributed by atoms with Crippen LogP contribution in [-0.2, 0) is 6.54 Å². The number of aliphatic hydroxyl groups is 1. The number of hydrogen-bond donors (Lipinski definition) is 1. The molecule has 1 aromatic carbocycles. The zero-order chi connectivity index (χ0) is 16.4. The quantitative estimate of drug-likeness (QED) is 0.701. The van der Waals surface area contributed by atoms with Crippen LogP contribution >= 0.6 is 11.8 Å². The molecule has 3 aromatic rings. The number of fused-ring (bicyclic) bond motifs is 3. The Bertz CT molecular complexity index is 885. The van der Waals surface area contributed by atoms with Gasteiger partial charge in [0.25, 0.3) is 5.56 Å². The van der Waals surface area contributed by atoms with Crippen LogP contribution in [0.2, 0.25) is 0 Å². The fourth-order valence-electron chi connectivity index (χ4n) is 2.55. The van der Waals surface area contributed by atoms with Crippen LogP contribution in [0, 0.1) is 5.92 Å². The van der Waals surface area contributed by atoms with E-state index in [0.29, 0.717) is 34.5 Å². The lowest BCUT2D eigenvalue weighted by atomic mass is 10.1. The van der Waals surface area contributed by atoms with Crippen LogP contribution in [-0.4, -0.2) is 36.6 Å². The monoisotopic (exact) mass is 332 g/mol. The molecule has 6 nitrogen and oxygen atoms in total. The molecule has 1 N–H and O–H groups in total. The zero-order valence-electron chi connectivity index (χ0n) is 13.3. The van der Waals surface area contributed by atoms with E-state index in [9.17, 15) is 4.79 Å². The van der Waals surface area contributed by atoms with Gasteiger partial charge in [0.2, 0.25) is 5.78 Å². The van der Waals surface area contributed by atoms with Crippen LogP contribution in [0.5, 0.6) is 0 Å². The number of thioether (sulfide) groups is 1. The molecule has 0 unspecified atom stereocenters. The number of benzene rings is 1. The highest BCUT2D eigenvalue weighted by atomic mass is 32.2. The van der Waals surface area contributed by atoms with Crippen LogP contribution in [0.1, 0.15) is 20.3 Å². The first-order chi connectivity index (χ1) is 11.1. The van der Waals surface area contributed by atoms with Crippen LogP contribution in [0.3, 0.4) is 0 Å². The van der Waals surface area contributed by atoms with Crippen molar-refractivity contribution < 1.29 is 5.11 Å². The Labute approximate surface area is 138 Å². The lowest BCUT2D eigenvalue weighted by Crippen LogP contribution is -2.24. The van der Waals surface area contributed by atoms with E-state index >= 15 is 0 Å². The lowest BCUT2D eigenvalue weighted by Gasteiger charge is -2.12. The number of aliphatic hydroxyl groups excluding tert-OH is 1. The first-order valence-corrected chi connectivity index (χ1v) is 8.72. The molecular formula is C16H20N4O2S. The summed E-state index contributed by atoms with van der Waals surface area (Å²) in [4.78, 5) is 12.8. The van der Waals surface area contributed by atoms with Crippen molar-refractivity contribution >= 4 is 28.4 Å². The summed E-state index contributed by atoms with van der Waals surface area (Å²) in [5, 5.41) is 18.9. The van der Waals surface area contributed by atoms with Gasteiger partial charge in [0.15, 0.2) is 5.16 Å². The fourth-order valence-corrected chi connectivity index (χ4v) is 3.23. The molecule has 0 aliphatic rings. The number of hydrogen-bond acceptors (Lipinski definition) is 5. The number of aromatic nitrogens is 4. The van der Waals surface area contributed by atoms with E-state index in [0.717, 1.165) is 11.9 Å². The van der Waals surface area contributed by atoms with Crippen LogP contribution in [0.4, 0.5) is 0 Å². The highest BCUT2D eigenvalue weighted by molar-refractivity contribution is 7.99. The summed E-state index contributed by atoms with van der Waals surface area (Å²) in [5.74, 6) is 1.61. The molecule has 2 heterocycles. The molecule has 0 saturated carbocycles. The van der Waals surface area contributed by atoms with Gasteiger partial charge < -0.3 is 5.11 Å². The van der Waals surface area contributed by atoms with E-state index < -0.39 is 0 Å². The Morgan fingerprint density at radius 1 is 1.26 bits per heavy atom. The summed E-state index contributed by atoms with van der Waals surface area (Å²) in [6.45, 7) is 4.96. The SMILES string of the molecule is CC(C)CCn1c(=O)c2ccccc2n2c(SCCO)nnc12. The highest BCUT2D eigenvalue weighted by Crippen LogP contribution is 2.21. The maximum absolute atomic E-state index is 12.8. The van der Waals surface area contributed by atoms with E-state index in [1.54, 1.807) is 4.57 Å². The van der Waals surface area contributed by atoms with Crippen molar-refractivity contribution in [2.75, 3.05) is 12.4 Å². The number of rotatable bonds is 6. The van der Waals surface area contributed by atoms with Gasteiger partial charge in [-0.15, -0.1) is 10.2 Å². The van der Waals surface area contributed by atoms with E-state index in [4.69, 9.17) is 5.11 Å². The van der Waals surface area contributed by atoms with Gasteiger partial charge in [-0.2, -0.15) is 0 Å². The predicted octanol–water partition coefficient (Wildman–Crippen LogP) is 2.17. The average molecular weight is 332 g/mol. The van der Waals surface area contributed by atoms with E-state index in [1.807, 2.05) is 28.7 Å². The normalized spacial score (nSPS) is 11.8. The van der Waals surface area contributed by atoms with Gasteiger partial charge in [-0.05, 0) is 24.5 Å². The first-order valence-electron chi connectivity index (χ1n) is 7.73. The van der Waals surface area contributed by atoms with Gasteiger partial charge in [-0.3, -0.25) is 13.8 Å². The third-order valence-electron chi connectivity index (χ3n) is 3.73. The lowest BCUT2D eigenvalue weighted by molar-refractivity contribution is 0.322. The minimum absolute atomic E-state index is 0.0279. The van der Waals surface area contributed by atoms with Gasteiger partial charge in [0, 0.05) is 12.3 Å². The minimum Gasteiger partial charge on any atom is -0.396 e. The van der Waals surface area contributed by atoms with E-state index in [1.165, 1.54) is 11.8 Å². The van der Waals surface area contributed by atoms with Gasteiger partial charge >= 0.3 is 0 Å². The molecule has 7 heteroatoms. The topological polar surface area (TPSA) is 72.4 Å². The van der Waals surface area contributed by atoms with Gasteiger partial charge in [0.1, 0.15) is 0 Å². The third kappa shape index (κ3) is 2.98. The summed E-state index contributed by atoms with van der Waals surface area (Å²) in [6, 6.07) is 7.51. The summed E-state index contributed by atoms with van der Waals surface area (Å²) < 4.78 is 3.62. The van der Waals surface area contributed by atoms with E-state index in [-0.39, 0.29) is 12.2 Å². The van der Waals surface area contributed by atoms with E-state index in [2.05, 4.69) is 24.0 Å². The molecule has 0 saturated heterocycles. The van der Waals surface area contributed by atoms with Crippen molar-refractivity contribution in [3.05, 3.63) is 34.6 Å². The molecule has 23 heavy (non-hydrogen) atoms. The maximum atomic E-state index is 12.8. The highest BCUT2D eigenvalue weighted by Gasteiger charge is 2.16. The van der Waals surface area contributed by atoms with Crippen molar-refractivity contribution in [2.24, 2.45) is 5.92 Å². The van der Waals surface area contributed by atoms with Gasteiger partial charge in [-0.25, -0.2) is 0 Å². The molecule has 0 aliphatic heterocycles. The van der Waals surface area contributed by atoms with Crippen LogP contribution in [0.25, 0.3) is 16.7 Å². The molecule has 3 rings (SSSR count). The second-order valence-electron chi connectivity index (χ2n) is 5.85. The molecule has 2 aromatic heterocycles. The zero-order valence-corrected chi connectivity index (χ0v) is 14.1. The Morgan fingerprint density at radius 3 is 2.78 bits per heavy atom. The molecule has 0 spiro atoms. The second-order valence-corrected chi connectivity index (χ2v) is 6.91. The smallest absolute Gasteiger partial charge is 0.262 e. The average Bonchev–Trinajstić information content (AvgIpc) is 2.96. The van der Waals surface area contributed by atoms with Crippen LogP contribution < -0.4 is 5.56 Å². The number of aryl methyl sites for hydroxylation is 1. The number of nitrogens with zero attached hydrogens (tertiary/aromatic N) is 4. The van der Waals surface area contributed by atoms with Crippen molar-refractivity contribution in [1.82, 2.24) is 19.2 Å². The Hall–Kier alpha value is -1.86. The molecule has 0 fully saturated rings. The van der Waals surface area contributed by atoms with Crippen molar-refractivity contribution in [3.63, 3.8) is 0 Å². The molecule has 0 atom stereocenters. The molecule has 0 aliphatic carbocycles. The van der Waals surface area contributed by atoms with Crippen molar-refractivity contribution in [1.29, 1.82) is 0 Å². The maximum Gasteiger partial charge on any atom is 0.262 e. The largest absolute Gasteiger partial charge is 0.396 e. The second kappa shape index (κ2) is 6.72. The molecule has 122 valence electrons. The summed E-state index contributed by atoms with van der Waals surface area (Å²) >= 11 is 1.43. The summed E-state index contributed by atoms with van der Waals surface area (Å²) in [6.07, 6.45) is 0.903. The van der Waals surface area contributed by atoms with Gasteiger partial charge in [-0.1, -0.05) is 37.7 Å². The minimum atomic E-state index is -0.0279. The third-order valence-corrected chi connectivity index (χ3v) is 4.64. The first kappa shape index (κ1) is 16.0. The van der Waals surface area contributed by atoms with Crippen LogP contribution in [0.15, 0.2) is 34.2 Å². The Kier molecular flexibility index (Phi) is 4.68. The Morgan fingerprint density at radius 2 is 2.04 bits per heavy atom. The molecule has 0 amide bonds. The molecule has 0 bridgehead atoms. The summed E-state index contributed by atoms with van der Waals surface area (Å²) in [7, 11) is 0. The van der Waals surface area contributed by atoms with Crippen molar-refractivity contribution in [2.45, 2.75) is 32.0 Å².